The molecule has 21 heavy (non-hydrogen) atoms. The summed E-state index contributed by atoms with van der Waals surface area (Å²) in [5.41, 5.74) is 1.46. The summed E-state index contributed by atoms with van der Waals surface area (Å²) in [5, 5.41) is 9.02. The molecule has 0 saturated heterocycles. The van der Waals surface area contributed by atoms with Gasteiger partial charge in [0.05, 0.1) is 5.56 Å². The second-order valence-electron chi connectivity index (χ2n) is 5.74. The van der Waals surface area contributed by atoms with E-state index in [0.717, 1.165) is 12.8 Å². The van der Waals surface area contributed by atoms with Crippen LogP contribution in [-0.4, -0.2) is 29.1 Å². The van der Waals surface area contributed by atoms with E-state index in [9.17, 15) is 4.79 Å². The number of nitrogens with zero attached hydrogens (tertiary/aromatic N) is 2. The van der Waals surface area contributed by atoms with Gasteiger partial charge in [0.15, 0.2) is 5.58 Å². The van der Waals surface area contributed by atoms with Crippen molar-refractivity contribution in [2.75, 3.05) is 11.9 Å². The van der Waals surface area contributed by atoms with Gasteiger partial charge in [-0.2, -0.15) is 4.98 Å². The van der Waals surface area contributed by atoms with Gasteiger partial charge in [-0.15, -0.1) is 0 Å². The second-order valence-corrected chi connectivity index (χ2v) is 5.74. The van der Waals surface area contributed by atoms with Crippen molar-refractivity contribution in [2.24, 2.45) is 0 Å². The minimum Gasteiger partial charge on any atom is -0.478 e. The summed E-state index contributed by atoms with van der Waals surface area (Å²) in [6.45, 7) is 0. The predicted octanol–water partition coefficient (Wildman–Crippen LogP) is 3.69. The highest BCUT2D eigenvalue weighted by atomic mass is 16.4. The Morgan fingerprint density at radius 3 is 2.67 bits per heavy atom. The maximum absolute atomic E-state index is 11.0. The third-order valence-corrected chi connectivity index (χ3v) is 4.30. The van der Waals surface area contributed by atoms with E-state index in [4.69, 9.17) is 9.52 Å². The summed E-state index contributed by atoms with van der Waals surface area (Å²) < 4.78 is 5.77. The quantitative estimate of drug-likeness (QED) is 0.872. The van der Waals surface area contributed by atoms with Crippen LogP contribution < -0.4 is 4.90 Å². The highest BCUT2D eigenvalue weighted by Gasteiger charge is 2.21. The standard InChI is InChI=1S/C16H20N2O3/c1-18(12-6-4-2-3-5-7-12)16-17-13-9-8-11(15(19)20)10-14(13)21-16/h8-10,12H,2-7H2,1H3,(H,19,20). The van der Waals surface area contributed by atoms with Gasteiger partial charge < -0.3 is 14.4 Å². The van der Waals surface area contributed by atoms with Crippen LogP contribution in [0.15, 0.2) is 22.6 Å². The molecule has 1 aliphatic rings. The third-order valence-electron chi connectivity index (χ3n) is 4.30. The van der Waals surface area contributed by atoms with E-state index in [0.29, 0.717) is 23.2 Å². The number of fused-ring (bicyclic) bond motifs is 1. The van der Waals surface area contributed by atoms with Crippen molar-refractivity contribution in [2.45, 2.75) is 44.6 Å². The largest absolute Gasteiger partial charge is 0.478 e. The smallest absolute Gasteiger partial charge is 0.335 e. The summed E-state index contributed by atoms with van der Waals surface area (Å²) in [5.74, 6) is -0.952. The third kappa shape index (κ3) is 2.86. The van der Waals surface area contributed by atoms with Gasteiger partial charge in [-0.25, -0.2) is 4.79 Å². The fraction of sp³-hybridized carbons (Fsp3) is 0.500. The molecule has 0 bridgehead atoms. The Bertz CT molecular complexity index is 642. The number of carboxylic acid groups (broad SMARTS) is 1. The highest BCUT2D eigenvalue weighted by molar-refractivity contribution is 5.92. The van der Waals surface area contributed by atoms with E-state index in [2.05, 4.69) is 9.88 Å². The van der Waals surface area contributed by atoms with Crippen LogP contribution in [-0.2, 0) is 0 Å². The van der Waals surface area contributed by atoms with Crippen LogP contribution in [0.3, 0.4) is 0 Å². The molecule has 2 aromatic rings. The zero-order chi connectivity index (χ0) is 14.8. The zero-order valence-electron chi connectivity index (χ0n) is 12.2. The lowest BCUT2D eigenvalue weighted by atomic mass is 10.1. The van der Waals surface area contributed by atoms with Crippen molar-refractivity contribution in [1.29, 1.82) is 0 Å². The minimum atomic E-state index is -0.952. The average molecular weight is 288 g/mol. The molecule has 0 spiro atoms. The molecule has 0 atom stereocenters. The Hall–Kier alpha value is -2.04. The summed E-state index contributed by atoms with van der Waals surface area (Å²) in [6, 6.07) is 5.84. The van der Waals surface area contributed by atoms with Crippen LogP contribution in [0, 0.1) is 0 Å². The lowest BCUT2D eigenvalue weighted by Gasteiger charge is -2.25. The number of hydrogen-bond donors (Lipinski definition) is 1. The van der Waals surface area contributed by atoms with Crippen molar-refractivity contribution < 1.29 is 14.3 Å². The molecule has 0 radical (unpaired) electrons. The van der Waals surface area contributed by atoms with Crippen molar-refractivity contribution >= 4 is 23.1 Å². The summed E-state index contributed by atoms with van der Waals surface area (Å²) >= 11 is 0. The summed E-state index contributed by atoms with van der Waals surface area (Å²) in [7, 11) is 2.01. The molecule has 0 amide bonds. The maximum atomic E-state index is 11.0. The van der Waals surface area contributed by atoms with Crippen LogP contribution in [0.5, 0.6) is 0 Å². The van der Waals surface area contributed by atoms with Gasteiger partial charge in [-0.05, 0) is 31.0 Å². The Morgan fingerprint density at radius 2 is 2.00 bits per heavy atom. The molecule has 3 rings (SSSR count). The van der Waals surface area contributed by atoms with Crippen molar-refractivity contribution in [3.8, 4) is 0 Å². The van der Waals surface area contributed by atoms with Crippen molar-refractivity contribution in [3.63, 3.8) is 0 Å². The second kappa shape index (κ2) is 5.76. The molecular formula is C16H20N2O3. The molecule has 112 valence electrons. The summed E-state index contributed by atoms with van der Waals surface area (Å²) in [6.07, 6.45) is 7.43. The molecule has 1 aliphatic carbocycles. The molecule has 1 aromatic carbocycles. The number of aromatic carboxylic acids is 1. The first-order valence-electron chi connectivity index (χ1n) is 7.52. The highest BCUT2D eigenvalue weighted by Crippen LogP contribution is 2.28. The van der Waals surface area contributed by atoms with Gasteiger partial charge in [0.1, 0.15) is 5.52 Å². The number of benzene rings is 1. The first kappa shape index (κ1) is 13.9. The molecular weight excluding hydrogens is 268 g/mol. The minimum absolute atomic E-state index is 0.224. The molecule has 1 saturated carbocycles. The van der Waals surface area contributed by atoms with E-state index in [-0.39, 0.29) is 5.56 Å². The van der Waals surface area contributed by atoms with Gasteiger partial charge in [0, 0.05) is 13.1 Å². The van der Waals surface area contributed by atoms with Gasteiger partial charge in [0.2, 0.25) is 0 Å². The van der Waals surface area contributed by atoms with E-state index in [1.54, 1.807) is 12.1 Å². The van der Waals surface area contributed by atoms with Gasteiger partial charge in [-0.3, -0.25) is 0 Å². The SMILES string of the molecule is CN(c1nc2ccc(C(=O)O)cc2o1)C1CCCCCC1. The number of oxazole rings is 1. The number of hydrogen-bond acceptors (Lipinski definition) is 4. The zero-order valence-corrected chi connectivity index (χ0v) is 12.2. The van der Waals surface area contributed by atoms with E-state index in [1.165, 1.54) is 31.7 Å². The Kier molecular flexibility index (Phi) is 3.82. The van der Waals surface area contributed by atoms with Crippen LogP contribution in [0.1, 0.15) is 48.9 Å². The molecule has 5 heteroatoms. The first-order valence-corrected chi connectivity index (χ1v) is 7.52. The maximum Gasteiger partial charge on any atom is 0.335 e. The Morgan fingerprint density at radius 1 is 1.29 bits per heavy atom. The van der Waals surface area contributed by atoms with Crippen LogP contribution in [0.25, 0.3) is 11.1 Å². The van der Waals surface area contributed by atoms with Gasteiger partial charge in [-0.1, -0.05) is 25.7 Å². The Balaban J connectivity index is 1.87. The fourth-order valence-electron chi connectivity index (χ4n) is 3.00. The fourth-order valence-corrected chi connectivity index (χ4v) is 3.00. The topological polar surface area (TPSA) is 66.6 Å². The molecule has 0 unspecified atom stereocenters. The lowest BCUT2D eigenvalue weighted by molar-refractivity contribution is 0.0697. The molecule has 1 fully saturated rings. The number of carboxylic acids is 1. The number of rotatable bonds is 3. The molecule has 1 N–H and O–H groups in total. The van der Waals surface area contributed by atoms with Crippen LogP contribution in [0.4, 0.5) is 6.01 Å². The molecule has 1 aromatic heterocycles. The average Bonchev–Trinajstić information content (AvgIpc) is 2.71. The first-order chi connectivity index (χ1) is 10.1. The number of anilines is 1. The molecule has 1 heterocycles. The van der Waals surface area contributed by atoms with Gasteiger partial charge >= 0.3 is 5.97 Å². The van der Waals surface area contributed by atoms with Crippen molar-refractivity contribution in [1.82, 2.24) is 4.98 Å². The summed E-state index contributed by atoms with van der Waals surface area (Å²) in [4.78, 5) is 17.6. The monoisotopic (exact) mass is 288 g/mol. The van der Waals surface area contributed by atoms with E-state index < -0.39 is 5.97 Å². The van der Waals surface area contributed by atoms with Crippen molar-refractivity contribution in [3.05, 3.63) is 23.8 Å². The normalized spacial score (nSPS) is 16.8. The predicted molar refractivity (Wildman–Crippen MR) is 80.9 cm³/mol. The number of aromatic nitrogens is 1. The Labute approximate surface area is 123 Å². The molecule has 0 aliphatic heterocycles. The van der Waals surface area contributed by atoms with E-state index >= 15 is 0 Å². The van der Waals surface area contributed by atoms with E-state index in [1.807, 2.05) is 7.05 Å². The van der Waals surface area contributed by atoms with Gasteiger partial charge in [0.25, 0.3) is 6.01 Å². The molecule has 5 nitrogen and oxygen atoms in total. The lowest BCUT2D eigenvalue weighted by Crippen LogP contribution is -2.31. The van der Waals surface area contributed by atoms with Crippen LogP contribution >= 0.6 is 0 Å². The van der Waals surface area contributed by atoms with Crippen LogP contribution in [0.2, 0.25) is 0 Å². The number of carbonyl (C=O) groups is 1.